The predicted octanol–water partition coefficient (Wildman–Crippen LogP) is 3.47. The van der Waals surface area contributed by atoms with Gasteiger partial charge < -0.3 is 5.32 Å². The minimum Gasteiger partial charge on any atom is -0.353 e. The molecule has 0 spiro atoms. The van der Waals surface area contributed by atoms with Crippen LogP contribution in [0.4, 0.5) is 0 Å². The number of amides is 1. The summed E-state index contributed by atoms with van der Waals surface area (Å²) >= 11 is 1.58. The van der Waals surface area contributed by atoms with Gasteiger partial charge in [0.15, 0.2) is 0 Å². The second-order valence-corrected chi connectivity index (χ2v) is 9.04. The summed E-state index contributed by atoms with van der Waals surface area (Å²) in [6.45, 7) is 8.41. The summed E-state index contributed by atoms with van der Waals surface area (Å²) in [5.74, 6) is -0.164. The van der Waals surface area contributed by atoms with E-state index < -0.39 is 6.04 Å². The number of carbonyl (C=O) groups excluding carboxylic acids is 1. The van der Waals surface area contributed by atoms with Crippen LogP contribution in [0, 0.1) is 6.92 Å². The number of nitrogens with zero attached hydrogens (tertiary/aromatic N) is 3. The number of thiophene rings is 1. The summed E-state index contributed by atoms with van der Waals surface area (Å²) in [6, 6.07) is 7.80. The van der Waals surface area contributed by atoms with Gasteiger partial charge in [0.2, 0.25) is 5.91 Å². The number of nitrogens with one attached hydrogen (secondary N) is 1. The second-order valence-electron chi connectivity index (χ2n) is 7.99. The third kappa shape index (κ3) is 3.81. The SMILES string of the molecule is Cc1nn([C@H](C)C(=O)NCCN2CCCC[C@@H]2C)c(=O)c2c1sc1ccccc12. The lowest BCUT2D eigenvalue weighted by molar-refractivity contribution is -0.124. The van der Waals surface area contributed by atoms with Crippen LogP contribution < -0.4 is 10.9 Å². The van der Waals surface area contributed by atoms with E-state index in [-0.39, 0.29) is 11.5 Å². The van der Waals surface area contributed by atoms with E-state index in [1.807, 2.05) is 31.2 Å². The fraction of sp³-hybridized carbons (Fsp3) is 0.500. The molecule has 0 bridgehead atoms. The van der Waals surface area contributed by atoms with Crippen molar-refractivity contribution in [3.63, 3.8) is 0 Å². The number of fused-ring (bicyclic) bond motifs is 3. The quantitative estimate of drug-likeness (QED) is 0.697. The summed E-state index contributed by atoms with van der Waals surface area (Å²) in [7, 11) is 0. The highest BCUT2D eigenvalue weighted by Gasteiger charge is 2.22. The molecule has 154 valence electrons. The van der Waals surface area contributed by atoms with Crippen molar-refractivity contribution in [1.29, 1.82) is 0 Å². The van der Waals surface area contributed by atoms with Gasteiger partial charge in [0.25, 0.3) is 5.56 Å². The number of likely N-dealkylation sites (tertiary alicyclic amines) is 1. The highest BCUT2D eigenvalue weighted by atomic mass is 32.1. The van der Waals surface area contributed by atoms with E-state index in [1.165, 1.54) is 23.9 Å². The molecule has 2 atom stereocenters. The number of carbonyl (C=O) groups is 1. The first-order valence-electron chi connectivity index (χ1n) is 10.4. The zero-order valence-electron chi connectivity index (χ0n) is 17.3. The van der Waals surface area contributed by atoms with Crippen molar-refractivity contribution in [1.82, 2.24) is 20.0 Å². The molecule has 4 rings (SSSR count). The highest BCUT2D eigenvalue weighted by molar-refractivity contribution is 7.26. The normalized spacial score (nSPS) is 18.9. The molecule has 0 aliphatic carbocycles. The molecule has 1 saturated heterocycles. The number of hydrogen-bond donors (Lipinski definition) is 1. The molecule has 0 radical (unpaired) electrons. The van der Waals surface area contributed by atoms with Gasteiger partial charge in [0.1, 0.15) is 6.04 Å². The summed E-state index contributed by atoms with van der Waals surface area (Å²) < 4.78 is 3.31. The third-order valence-corrected chi connectivity index (χ3v) is 7.27. The first-order chi connectivity index (χ1) is 14.0. The molecule has 2 aromatic heterocycles. The highest BCUT2D eigenvalue weighted by Crippen LogP contribution is 2.32. The molecule has 7 heteroatoms. The van der Waals surface area contributed by atoms with E-state index in [9.17, 15) is 9.59 Å². The van der Waals surface area contributed by atoms with Crippen LogP contribution in [0.25, 0.3) is 20.2 Å². The summed E-state index contributed by atoms with van der Waals surface area (Å²) in [5.41, 5.74) is 0.581. The zero-order valence-corrected chi connectivity index (χ0v) is 18.1. The number of aromatic nitrogens is 2. The Morgan fingerprint density at radius 2 is 2.14 bits per heavy atom. The predicted molar refractivity (Wildman–Crippen MR) is 119 cm³/mol. The van der Waals surface area contributed by atoms with Crippen molar-refractivity contribution in [2.75, 3.05) is 19.6 Å². The lowest BCUT2D eigenvalue weighted by atomic mass is 10.0. The van der Waals surface area contributed by atoms with Gasteiger partial charge in [0, 0.05) is 29.2 Å². The Balaban J connectivity index is 1.54. The fourth-order valence-electron chi connectivity index (χ4n) is 4.21. The Morgan fingerprint density at radius 3 is 2.93 bits per heavy atom. The number of hydrogen-bond acceptors (Lipinski definition) is 5. The molecular formula is C22H28N4O2S. The van der Waals surface area contributed by atoms with Gasteiger partial charge in [-0.1, -0.05) is 24.6 Å². The molecule has 1 N–H and O–H groups in total. The molecule has 29 heavy (non-hydrogen) atoms. The van der Waals surface area contributed by atoms with Gasteiger partial charge in [-0.3, -0.25) is 14.5 Å². The number of benzene rings is 1. The van der Waals surface area contributed by atoms with E-state index in [0.29, 0.717) is 18.0 Å². The van der Waals surface area contributed by atoms with Gasteiger partial charge in [-0.2, -0.15) is 5.10 Å². The van der Waals surface area contributed by atoms with E-state index in [1.54, 1.807) is 18.3 Å². The van der Waals surface area contributed by atoms with Crippen LogP contribution in [0.3, 0.4) is 0 Å². The van der Waals surface area contributed by atoms with E-state index in [4.69, 9.17) is 0 Å². The number of aryl methyl sites for hydroxylation is 1. The van der Waals surface area contributed by atoms with Gasteiger partial charge in [0.05, 0.1) is 15.8 Å². The van der Waals surface area contributed by atoms with Crippen LogP contribution in [-0.4, -0.2) is 46.3 Å². The van der Waals surface area contributed by atoms with Crippen molar-refractivity contribution in [3.8, 4) is 0 Å². The van der Waals surface area contributed by atoms with Crippen LogP contribution in [0.15, 0.2) is 29.1 Å². The maximum Gasteiger partial charge on any atom is 0.276 e. The molecule has 0 saturated carbocycles. The van der Waals surface area contributed by atoms with Gasteiger partial charge in [-0.25, -0.2) is 4.68 Å². The smallest absolute Gasteiger partial charge is 0.276 e. The van der Waals surface area contributed by atoms with Crippen LogP contribution in [-0.2, 0) is 4.79 Å². The van der Waals surface area contributed by atoms with Crippen molar-refractivity contribution in [2.45, 2.75) is 52.1 Å². The Hall–Kier alpha value is -2.25. The number of rotatable bonds is 5. The topological polar surface area (TPSA) is 67.2 Å². The molecule has 0 unspecified atom stereocenters. The minimum absolute atomic E-state index is 0.164. The molecule has 1 fully saturated rings. The zero-order chi connectivity index (χ0) is 20.5. The van der Waals surface area contributed by atoms with E-state index in [2.05, 4.69) is 22.2 Å². The Morgan fingerprint density at radius 1 is 1.34 bits per heavy atom. The number of piperidine rings is 1. The maximum absolute atomic E-state index is 13.2. The first kappa shape index (κ1) is 20.0. The molecule has 1 amide bonds. The molecule has 3 heterocycles. The van der Waals surface area contributed by atoms with Gasteiger partial charge >= 0.3 is 0 Å². The first-order valence-corrected chi connectivity index (χ1v) is 11.2. The molecule has 1 aliphatic heterocycles. The minimum atomic E-state index is -0.650. The molecule has 6 nitrogen and oxygen atoms in total. The summed E-state index contributed by atoms with van der Waals surface area (Å²) in [6.07, 6.45) is 3.73. The molecule has 3 aromatic rings. The van der Waals surface area contributed by atoms with Crippen molar-refractivity contribution >= 4 is 37.4 Å². The Labute approximate surface area is 174 Å². The van der Waals surface area contributed by atoms with E-state index in [0.717, 1.165) is 33.6 Å². The van der Waals surface area contributed by atoms with Crippen LogP contribution >= 0.6 is 11.3 Å². The van der Waals surface area contributed by atoms with Gasteiger partial charge in [-0.05, 0) is 46.2 Å². The largest absolute Gasteiger partial charge is 0.353 e. The fourth-order valence-corrected chi connectivity index (χ4v) is 5.35. The van der Waals surface area contributed by atoms with Crippen molar-refractivity contribution in [2.24, 2.45) is 0 Å². The average molecular weight is 413 g/mol. The lowest BCUT2D eigenvalue weighted by Crippen LogP contribution is -2.44. The standard InChI is InChI=1S/C22H28N4O2S/c1-14-8-6-7-12-25(14)13-11-23-21(27)16(3)26-22(28)19-17-9-4-5-10-18(17)29-20(19)15(2)24-26/h4-5,9-10,14,16H,6-8,11-13H2,1-3H3,(H,23,27)/t14-,16+/m0/s1. The molecule has 1 aliphatic rings. The average Bonchev–Trinajstić information content (AvgIpc) is 3.12. The third-order valence-electron chi connectivity index (χ3n) is 5.99. The second kappa shape index (κ2) is 8.24. The van der Waals surface area contributed by atoms with Gasteiger partial charge in [-0.15, -0.1) is 11.3 Å². The monoisotopic (exact) mass is 412 g/mol. The van der Waals surface area contributed by atoms with Crippen LogP contribution in [0.1, 0.15) is 44.8 Å². The summed E-state index contributed by atoms with van der Waals surface area (Å²) in [5, 5.41) is 9.07. The van der Waals surface area contributed by atoms with E-state index >= 15 is 0 Å². The maximum atomic E-state index is 13.2. The lowest BCUT2D eigenvalue weighted by Gasteiger charge is -2.33. The van der Waals surface area contributed by atoms with Crippen LogP contribution in [0.2, 0.25) is 0 Å². The van der Waals surface area contributed by atoms with Crippen molar-refractivity contribution < 1.29 is 4.79 Å². The molecular weight excluding hydrogens is 384 g/mol. The van der Waals surface area contributed by atoms with Crippen LogP contribution in [0.5, 0.6) is 0 Å². The summed E-state index contributed by atoms with van der Waals surface area (Å²) in [4.78, 5) is 28.3. The Kier molecular flexibility index (Phi) is 5.69. The Bertz CT molecular complexity index is 1100. The molecule has 1 aromatic carbocycles. The van der Waals surface area contributed by atoms with Crippen molar-refractivity contribution in [3.05, 3.63) is 40.3 Å².